The van der Waals surface area contributed by atoms with Gasteiger partial charge in [-0.15, -0.1) is 0 Å². The molecule has 2 aromatic rings. The Morgan fingerprint density at radius 3 is 2.57 bits per heavy atom. The van der Waals surface area contributed by atoms with Gasteiger partial charge in [-0.2, -0.15) is 0 Å². The highest BCUT2D eigenvalue weighted by Gasteiger charge is 2.19. The van der Waals surface area contributed by atoms with Crippen LogP contribution >= 0.6 is 0 Å². The van der Waals surface area contributed by atoms with Gasteiger partial charge in [0.25, 0.3) is 0 Å². The Balaban J connectivity index is 1.38. The maximum absolute atomic E-state index is 12.2. The van der Waals surface area contributed by atoms with Crippen LogP contribution in [0.3, 0.4) is 0 Å². The Labute approximate surface area is 165 Å². The van der Waals surface area contributed by atoms with Crippen molar-refractivity contribution in [2.75, 3.05) is 58.4 Å². The maximum atomic E-state index is 12.2. The van der Waals surface area contributed by atoms with Crippen LogP contribution in [0.4, 0.5) is 5.82 Å². The van der Waals surface area contributed by atoms with E-state index in [0.29, 0.717) is 24.6 Å². The number of aromatic nitrogens is 2. The van der Waals surface area contributed by atoms with Crippen molar-refractivity contribution in [3.05, 3.63) is 42.4 Å². The van der Waals surface area contributed by atoms with Crippen LogP contribution in [0.5, 0.6) is 11.5 Å². The Morgan fingerprint density at radius 1 is 1.11 bits per heavy atom. The van der Waals surface area contributed by atoms with Crippen molar-refractivity contribution in [1.29, 1.82) is 0 Å². The van der Waals surface area contributed by atoms with Crippen molar-refractivity contribution in [3.8, 4) is 11.5 Å². The van der Waals surface area contributed by atoms with Gasteiger partial charge in [-0.05, 0) is 24.1 Å². The van der Waals surface area contributed by atoms with Gasteiger partial charge in [0.1, 0.15) is 5.82 Å². The zero-order valence-corrected chi connectivity index (χ0v) is 16.4. The number of amides is 1. The second kappa shape index (κ2) is 9.89. The van der Waals surface area contributed by atoms with E-state index in [-0.39, 0.29) is 5.91 Å². The lowest BCUT2D eigenvalue weighted by Crippen LogP contribution is -2.49. The first kappa shape index (κ1) is 19.9. The number of nitrogens with one attached hydrogen (secondary N) is 1. The average molecular weight is 385 g/mol. The van der Waals surface area contributed by atoms with Crippen molar-refractivity contribution in [2.45, 2.75) is 6.42 Å². The first-order valence-electron chi connectivity index (χ1n) is 9.40. The van der Waals surface area contributed by atoms with Crippen LogP contribution in [0.2, 0.25) is 0 Å². The van der Waals surface area contributed by atoms with Crippen LogP contribution in [-0.4, -0.2) is 74.3 Å². The molecule has 0 unspecified atom stereocenters. The third kappa shape index (κ3) is 5.32. The molecule has 1 aromatic heterocycles. The van der Waals surface area contributed by atoms with Gasteiger partial charge in [-0.3, -0.25) is 14.7 Å². The summed E-state index contributed by atoms with van der Waals surface area (Å²) in [7, 11) is 3.23. The smallest absolute Gasteiger partial charge is 0.234 e. The number of hydrogen-bond donors (Lipinski definition) is 1. The molecule has 0 spiro atoms. The molecule has 1 amide bonds. The van der Waals surface area contributed by atoms with Crippen molar-refractivity contribution in [1.82, 2.24) is 20.2 Å². The molecule has 1 N–H and O–H groups in total. The van der Waals surface area contributed by atoms with Gasteiger partial charge in [0.05, 0.1) is 27.0 Å². The number of hydrogen-bond acceptors (Lipinski definition) is 7. The summed E-state index contributed by atoms with van der Waals surface area (Å²) in [6.45, 7) is 4.36. The van der Waals surface area contributed by atoms with Crippen molar-refractivity contribution < 1.29 is 14.3 Å². The highest BCUT2D eigenvalue weighted by Crippen LogP contribution is 2.27. The summed E-state index contributed by atoms with van der Waals surface area (Å²) in [5.41, 5.74) is 1.09. The van der Waals surface area contributed by atoms with Crippen LogP contribution in [0.25, 0.3) is 0 Å². The molecular weight excluding hydrogens is 358 g/mol. The zero-order valence-electron chi connectivity index (χ0n) is 16.4. The lowest BCUT2D eigenvalue weighted by Gasteiger charge is -2.34. The predicted octanol–water partition coefficient (Wildman–Crippen LogP) is 0.975. The average Bonchev–Trinajstić information content (AvgIpc) is 2.74. The summed E-state index contributed by atoms with van der Waals surface area (Å²) in [4.78, 5) is 25.0. The second-order valence-electron chi connectivity index (χ2n) is 6.62. The number of carbonyl (C=O) groups is 1. The number of nitrogens with zero attached hydrogens (tertiary/aromatic N) is 4. The van der Waals surface area contributed by atoms with Gasteiger partial charge in [0.15, 0.2) is 11.5 Å². The SMILES string of the molecule is COc1ccc(CCNC(=O)CN2CCN(c3cnccn3)CC2)cc1OC. The molecule has 0 bridgehead atoms. The fourth-order valence-electron chi connectivity index (χ4n) is 3.23. The molecular formula is C20H27N5O3. The van der Waals surface area contributed by atoms with Crippen molar-refractivity contribution in [2.24, 2.45) is 0 Å². The molecule has 1 aliphatic heterocycles. The minimum atomic E-state index is 0.0495. The normalized spacial score (nSPS) is 14.6. The van der Waals surface area contributed by atoms with E-state index in [2.05, 4.69) is 25.1 Å². The van der Waals surface area contributed by atoms with Gasteiger partial charge in [0.2, 0.25) is 5.91 Å². The van der Waals surface area contributed by atoms with Crippen LogP contribution in [0.1, 0.15) is 5.56 Å². The number of benzene rings is 1. The Morgan fingerprint density at radius 2 is 1.89 bits per heavy atom. The second-order valence-corrected chi connectivity index (χ2v) is 6.62. The molecule has 150 valence electrons. The van der Waals surface area contributed by atoms with Gasteiger partial charge in [-0.1, -0.05) is 6.07 Å². The molecule has 28 heavy (non-hydrogen) atoms. The van der Waals surface area contributed by atoms with Crippen LogP contribution in [0.15, 0.2) is 36.8 Å². The Hall–Kier alpha value is -2.87. The number of rotatable bonds is 8. The minimum Gasteiger partial charge on any atom is -0.493 e. The number of ether oxygens (including phenoxy) is 2. The molecule has 1 saturated heterocycles. The molecule has 1 aliphatic rings. The third-order valence-electron chi connectivity index (χ3n) is 4.80. The number of carbonyl (C=O) groups excluding carboxylic acids is 1. The summed E-state index contributed by atoms with van der Waals surface area (Å²) in [5, 5.41) is 3.00. The first-order valence-corrected chi connectivity index (χ1v) is 9.40. The highest BCUT2D eigenvalue weighted by atomic mass is 16.5. The minimum absolute atomic E-state index is 0.0495. The molecule has 3 rings (SSSR count). The third-order valence-corrected chi connectivity index (χ3v) is 4.80. The zero-order chi connectivity index (χ0) is 19.8. The topological polar surface area (TPSA) is 79.8 Å². The van der Waals surface area contributed by atoms with Crippen LogP contribution in [-0.2, 0) is 11.2 Å². The van der Waals surface area contributed by atoms with Gasteiger partial charge in [0, 0.05) is 45.1 Å². The molecule has 0 saturated carbocycles. The number of piperazine rings is 1. The van der Waals surface area contributed by atoms with E-state index in [1.54, 1.807) is 32.8 Å². The fraction of sp³-hybridized carbons (Fsp3) is 0.450. The summed E-state index contributed by atoms with van der Waals surface area (Å²) in [6.07, 6.45) is 5.89. The van der Waals surface area contributed by atoms with Gasteiger partial charge < -0.3 is 19.7 Å². The predicted molar refractivity (Wildman–Crippen MR) is 107 cm³/mol. The van der Waals surface area contributed by atoms with E-state index in [4.69, 9.17) is 9.47 Å². The van der Waals surface area contributed by atoms with Gasteiger partial charge >= 0.3 is 0 Å². The molecule has 0 radical (unpaired) electrons. The van der Waals surface area contributed by atoms with E-state index in [0.717, 1.165) is 44.0 Å². The van der Waals surface area contributed by atoms with Crippen LogP contribution in [0, 0.1) is 0 Å². The maximum Gasteiger partial charge on any atom is 0.234 e. The van der Waals surface area contributed by atoms with Crippen molar-refractivity contribution >= 4 is 11.7 Å². The lowest BCUT2D eigenvalue weighted by molar-refractivity contribution is -0.122. The number of anilines is 1. The first-order chi connectivity index (χ1) is 13.7. The van der Waals surface area contributed by atoms with E-state index >= 15 is 0 Å². The standard InChI is InChI=1S/C20H27N5O3/c1-27-17-4-3-16(13-18(17)28-2)5-6-23-20(26)15-24-9-11-25(12-10-24)19-14-21-7-8-22-19/h3-4,7-8,13-14H,5-6,9-12,15H2,1-2H3,(H,23,26). The number of methoxy groups -OCH3 is 2. The molecule has 1 aromatic carbocycles. The Bertz CT molecular complexity index is 764. The molecule has 2 heterocycles. The van der Waals surface area contributed by atoms with Crippen LogP contribution < -0.4 is 19.7 Å². The quantitative estimate of drug-likeness (QED) is 0.725. The fourth-order valence-corrected chi connectivity index (χ4v) is 3.23. The molecule has 0 aliphatic carbocycles. The highest BCUT2D eigenvalue weighted by molar-refractivity contribution is 5.78. The molecule has 8 heteroatoms. The summed E-state index contributed by atoms with van der Waals surface area (Å²) in [6, 6.07) is 5.81. The summed E-state index contributed by atoms with van der Waals surface area (Å²) < 4.78 is 10.6. The summed E-state index contributed by atoms with van der Waals surface area (Å²) >= 11 is 0. The van der Waals surface area contributed by atoms with E-state index in [9.17, 15) is 4.79 Å². The Kier molecular flexibility index (Phi) is 7.02. The van der Waals surface area contributed by atoms with Gasteiger partial charge in [-0.25, -0.2) is 4.98 Å². The van der Waals surface area contributed by atoms with E-state index < -0.39 is 0 Å². The molecule has 8 nitrogen and oxygen atoms in total. The van der Waals surface area contributed by atoms with E-state index in [1.807, 2.05) is 18.2 Å². The van der Waals surface area contributed by atoms with Crippen molar-refractivity contribution in [3.63, 3.8) is 0 Å². The summed E-state index contributed by atoms with van der Waals surface area (Å²) in [5.74, 6) is 2.35. The largest absolute Gasteiger partial charge is 0.493 e. The monoisotopic (exact) mass is 385 g/mol. The molecule has 0 atom stereocenters. The van der Waals surface area contributed by atoms with E-state index in [1.165, 1.54) is 0 Å². The molecule has 1 fully saturated rings. The lowest BCUT2D eigenvalue weighted by atomic mass is 10.1.